The van der Waals surface area contributed by atoms with Crippen molar-refractivity contribution in [1.82, 2.24) is 28.5 Å². The van der Waals surface area contributed by atoms with E-state index in [-0.39, 0.29) is 36.1 Å². The highest BCUT2D eigenvalue weighted by Crippen LogP contribution is 2.31. The minimum Gasteiger partial charge on any atom is -0.485 e. The molecular formula is C22H24N6O6. The number of piperazine rings is 1. The second-order valence-electron chi connectivity index (χ2n) is 8.32. The van der Waals surface area contributed by atoms with Crippen molar-refractivity contribution in [3.63, 3.8) is 0 Å². The summed E-state index contributed by atoms with van der Waals surface area (Å²) >= 11 is 0. The maximum Gasteiger partial charge on any atom is 0.332 e. The summed E-state index contributed by atoms with van der Waals surface area (Å²) in [6.45, 7) is 1.50. The fourth-order valence-electron chi connectivity index (χ4n) is 4.28. The Morgan fingerprint density at radius 2 is 1.68 bits per heavy atom. The minimum absolute atomic E-state index is 0.0890. The Morgan fingerprint density at radius 3 is 2.41 bits per heavy atom. The summed E-state index contributed by atoms with van der Waals surface area (Å²) < 4.78 is 15.2. The molecule has 0 N–H and O–H groups in total. The summed E-state index contributed by atoms with van der Waals surface area (Å²) in [5.41, 5.74) is -0.560. The second-order valence-corrected chi connectivity index (χ2v) is 8.32. The number of benzene rings is 1. The first-order valence-electron chi connectivity index (χ1n) is 10.9. The molecule has 1 fully saturated rings. The molecule has 178 valence electrons. The first kappa shape index (κ1) is 21.7. The molecule has 5 rings (SSSR count). The number of imidazole rings is 1. The molecule has 34 heavy (non-hydrogen) atoms. The molecule has 12 heteroatoms. The van der Waals surface area contributed by atoms with Crippen molar-refractivity contribution < 1.29 is 19.1 Å². The SMILES string of the molecule is Cn1c(=O)c2c(ncn2CC(=O)N2CCN(C(=O)[C@H]3COc4ccccc4O3)CC2)n(C)c1=O. The molecule has 0 radical (unpaired) electrons. The first-order valence-corrected chi connectivity index (χ1v) is 10.9. The van der Waals surface area contributed by atoms with Crippen molar-refractivity contribution in [2.45, 2.75) is 12.6 Å². The fourth-order valence-corrected chi connectivity index (χ4v) is 4.28. The van der Waals surface area contributed by atoms with Gasteiger partial charge in [-0.05, 0) is 12.1 Å². The lowest BCUT2D eigenvalue weighted by Gasteiger charge is -2.37. The van der Waals surface area contributed by atoms with Crippen LogP contribution in [-0.2, 0) is 30.2 Å². The van der Waals surface area contributed by atoms with Crippen LogP contribution in [0.3, 0.4) is 0 Å². The smallest absolute Gasteiger partial charge is 0.332 e. The Balaban J connectivity index is 1.23. The number of para-hydroxylation sites is 2. The zero-order valence-corrected chi connectivity index (χ0v) is 18.8. The van der Waals surface area contributed by atoms with E-state index < -0.39 is 17.4 Å². The number of hydrogen-bond donors (Lipinski definition) is 0. The molecule has 1 atom stereocenters. The molecule has 2 aliphatic heterocycles. The number of aromatic nitrogens is 4. The van der Waals surface area contributed by atoms with Crippen molar-refractivity contribution in [3.8, 4) is 11.5 Å². The van der Waals surface area contributed by atoms with Crippen LogP contribution >= 0.6 is 0 Å². The number of rotatable bonds is 3. The number of aryl methyl sites for hydroxylation is 1. The van der Waals surface area contributed by atoms with E-state index in [0.717, 1.165) is 4.57 Å². The van der Waals surface area contributed by atoms with Gasteiger partial charge in [-0.15, -0.1) is 0 Å². The molecule has 0 saturated carbocycles. The zero-order chi connectivity index (χ0) is 24.0. The Hall–Kier alpha value is -4.09. The molecule has 2 aliphatic rings. The molecule has 0 spiro atoms. The van der Waals surface area contributed by atoms with E-state index in [1.54, 1.807) is 21.9 Å². The van der Waals surface area contributed by atoms with Crippen LogP contribution in [0.1, 0.15) is 0 Å². The standard InChI is InChI=1S/C22H24N6O6/c1-24-19-18(21(31)25(2)22(24)32)28(13-23-19)11-17(29)26-7-9-27(10-8-26)20(30)16-12-33-14-5-3-4-6-15(14)34-16/h3-6,13,16H,7-12H2,1-2H3/t16-/m1/s1. The van der Waals surface area contributed by atoms with Crippen LogP contribution in [0.25, 0.3) is 11.2 Å². The van der Waals surface area contributed by atoms with Gasteiger partial charge in [0.2, 0.25) is 12.0 Å². The average molecular weight is 468 g/mol. The number of amides is 2. The van der Waals surface area contributed by atoms with E-state index in [2.05, 4.69) is 4.98 Å². The van der Waals surface area contributed by atoms with Gasteiger partial charge in [-0.1, -0.05) is 12.1 Å². The predicted octanol–water partition coefficient (Wildman–Crippen LogP) is -1.06. The van der Waals surface area contributed by atoms with E-state index in [1.165, 1.54) is 29.6 Å². The van der Waals surface area contributed by atoms with Crippen molar-refractivity contribution in [2.75, 3.05) is 32.8 Å². The van der Waals surface area contributed by atoms with Crippen LogP contribution in [0.5, 0.6) is 11.5 Å². The largest absolute Gasteiger partial charge is 0.485 e. The number of carbonyl (C=O) groups is 2. The maximum atomic E-state index is 12.9. The molecular weight excluding hydrogens is 444 g/mol. The molecule has 2 aromatic heterocycles. The van der Waals surface area contributed by atoms with Gasteiger partial charge in [0.15, 0.2) is 22.7 Å². The fraction of sp³-hybridized carbons (Fsp3) is 0.409. The van der Waals surface area contributed by atoms with E-state index in [9.17, 15) is 19.2 Å². The van der Waals surface area contributed by atoms with Gasteiger partial charge in [-0.25, -0.2) is 9.78 Å². The molecule has 0 unspecified atom stereocenters. The lowest BCUT2D eigenvalue weighted by molar-refractivity contribution is -0.146. The number of fused-ring (bicyclic) bond motifs is 2. The lowest BCUT2D eigenvalue weighted by Crippen LogP contribution is -2.55. The maximum absolute atomic E-state index is 12.9. The minimum atomic E-state index is -0.725. The Labute approximate surface area is 193 Å². The molecule has 1 saturated heterocycles. The number of carbonyl (C=O) groups excluding carboxylic acids is 2. The van der Waals surface area contributed by atoms with E-state index in [0.29, 0.717) is 37.7 Å². The monoisotopic (exact) mass is 468 g/mol. The summed E-state index contributed by atoms with van der Waals surface area (Å²) in [6, 6.07) is 7.21. The van der Waals surface area contributed by atoms with Crippen molar-refractivity contribution in [1.29, 1.82) is 0 Å². The van der Waals surface area contributed by atoms with Gasteiger partial charge in [0.1, 0.15) is 13.2 Å². The van der Waals surface area contributed by atoms with Crippen molar-refractivity contribution in [2.24, 2.45) is 14.1 Å². The third kappa shape index (κ3) is 3.60. The topological polar surface area (TPSA) is 121 Å². The quantitative estimate of drug-likeness (QED) is 0.481. The van der Waals surface area contributed by atoms with Gasteiger partial charge in [0, 0.05) is 40.3 Å². The Bertz CT molecular complexity index is 1400. The number of ether oxygens (including phenoxy) is 2. The summed E-state index contributed by atoms with van der Waals surface area (Å²) in [7, 11) is 2.92. The Morgan fingerprint density at radius 1 is 1.00 bits per heavy atom. The molecule has 2 amide bonds. The zero-order valence-electron chi connectivity index (χ0n) is 18.8. The third-order valence-electron chi connectivity index (χ3n) is 6.25. The van der Waals surface area contributed by atoms with Crippen LogP contribution < -0.4 is 20.7 Å². The third-order valence-corrected chi connectivity index (χ3v) is 6.25. The highest BCUT2D eigenvalue weighted by atomic mass is 16.6. The molecule has 0 bridgehead atoms. The highest BCUT2D eigenvalue weighted by molar-refractivity contribution is 5.83. The summed E-state index contributed by atoms with van der Waals surface area (Å²) in [4.78, 5) is 58.0. The van der Waals surface area contributed by atoms with Gasteiger partial charge >= 0.3 is 5.69 Å². The lowest BCUT2D eigenvalue weighted by atomic mass is 10.2. The van der Waals surface area contributed by atoms with Crippen LogP contribution in [0.15, 0.2) is 40.2 Å². The van der Waals surface area contributed by atoms with Gasteiger partial charge in [0.05, 0.1) is 6.33 Å². The van der Waals surface area contributed by atoms with E-state index in [1.807, 2.05) is 12.1 Å². The first-order chi connectivity index (χ1) is 16.3. The second kappa shape index (κ2) is 8.36. The number of nitrogens with zero attached hydrogens (tertiary/aromatic N) is 6. The van der Waals surface area contributed by atoms with Crippen LogP contribution in [0, 0.1) is 0 Å². The summed E-state index contributed by atoms with van der Waals surface area (Å²) in [6.07, 6.45) is 0.666. The van der Waals surface area contributed by atoms with E-state index in [4.69, 9.17) is 9.47 Å². The van der Waals surface area contributed by atoms with Gasteiger partial charge in [0.25, 0.3) is 11.5 Å². The normalized spacial score (nSPS) is 17.8. The highest BCUT2D eigenvalue weighted by Gasteiger charge is 2.33. The van der Waals surface area contributed by atoms with Gasteiger partial charge in [-0.3, -0.25) is 23.5 Å². The summed E-state index contributed by atoms with van der Waals surface area (Å²) in [5, 5.41) is 0. The average Bonchev–Trinajstić information content (AvgIpc) is 3.29. The van der Waals surface area contributed by atoms with Gasteiger partial charge < -0.3 is 23.8 Å². The predicted molar refractivity (Wildman–Crippen MR) is 120 cm³/mol. The van der Waals surface area contributed by atoms with E-state index >= 15 is 0 Å². The van der Waals surface area contributed by atoms with Crippen LogP contribution in [0.4, 0.5) is 0 Å². The van der Waals surface area contributed by atoms with Crippen molar-refractivity contribution >= 4 is 23.0 Å². The molecule has 0 aliphatic carbocycles. The van der Waals surface area contributed by atoms with Crippen LogP contribution in [0.2, 0.25) is 0 Å². The molecule has 12 nitrogen and oxygen atoms in total. The van der Waals surface area contributed by atoms with Crippen molar-refractivity contribution in [3.05, 3.63) is 51.4 Å². The number of hydrogen-bond acceptors (Lipinski definition) is 7. The van der Waals surface area contributed by atoms with Crippen LogP contribution in [-0.4, -0.2) is 79.2 Å². The summed E-state index contributed by atoms with van der Waals surface area (Å²) in [5.74, 6) is 0.779. The molecule has 1 aromatic carbocycles. The molecule has 4 heterocycles. The Kier molecular flexibility index (Phi) is 5.34. The van der Waals surface area contributed by atoms with Gasteiger partial charge in [-0.2, -0.15) is 0 Å². The molecule has 3 aromatic rings.